The molecule has 1 aromatic heterocycles. The molecule has 3 heteroatoms. The van der Waals surface area contributed by atoms with Gasteiger partial charge in [0.05, 0.1) is 5.69 Å². The minimum absolute atomic E-state index is 0.155. The second kappa shape index (κ2) is 5.41. The molecule has 0 saturated carbocycles. The zero-order valence-electron chi connectivity index (χ0n) is 10.9. The Balaban J connectivity index is 1.74. The van der Waals surface area contributed by atoms with Crippen molar-refractivity contribution in [2.45, 2.75) is 31.9 Å². The Bertz CT molecular complexity index is 554. The van der Waals surface area contributed by atoms with E-state index in [-0.39, 0.29) is 6.04 Å². The molecule has 3 nitrogen and oxygen atoms in total. The molecule has 0 fully saturated rings. The number of rotatable bonds is 3. The number of pyridine rings is 1. The van der Waals surface area contributed by atoms with Crippen molar-refractivity contribution < 1.29 is 4.74 Å². The topological polar surface area (TPSA) is 48.1 Å². The highest BCUT2D eigenvalue weighted by molar-refractivity contribution is 5.39. The Morgan fingerprint density at radius 1 is 1.26 bits per heavy atom. The van der Waals surface area contributed by atoms with Crippen molar-refractivity contribution in [1.82, 2.24) is 4.98 Å². The third-order valence-corrected chi connectivity index (χ3v) is 3.59. The normalized spacial score (nSPS) is 17.8. The molecule has 0 spiro atoms. The zero-order valence-corrected chi connectivity index (χ0v) is 10.9. The molecule has 0 aliphatic heterocycles. The van der Waals surface area contributed by atoms with Crippen LogP contribution in [0.15, 0.2) is 42.6 Å². The molecule has 0 radical (unpaired) electrons. The minimum atomic E-state index is 0.155. The first-order valence-corrected chi connectivity index (χ1v) is 6.74. The molecule has 2 N–H and O–H groups in total. The minimum Gasteiger partial charge on any atom is -0.487 e. The van der Waals surface area contributed by atoms with E-state index in [4.69, 9.17) is 10.5 Å². The first-order valence-electron chi connectivity index (χ1n) is 6.74. The van der Waals surface area contributed by atoms with Gasteiger partial charge in [-0.25, -0.2) is 0 Å². The smallest absolute Gasteiger partial charge is 0.130 e. The predicted octanol–water partition coefficient (Wildman–Crippen LogP) is 3.00. The van der Waals surface area contributed by atoms with E-state index in [0.717, 1.165) is 24.3 Å². The van der Waals surface area contributed by atoms with Crippen molar-refractivity contribution >= 4 is 0 Å². The van der Waals surface area contributed by atoms with E-state index in [9.17, 15) is 0 Å². The summed E-state index contributed by atoms with van der Waals surface area (Å²) in [6, 6.07) is 12.2. The first-order chi connectivity index (χ1) is 9.33. The molecular formula is C16H18N2O. The van der Waals surface area contributed by atoms with E-state index in [1.165, 1.54) is 17.5 Å². The lowest BCUT2D eigenvalue weighted by molar-refractivity contribution is 0.300. The van der Waals surface area contributed by atoms with Crippen LogP contribution in [-0.2, 0) is 13.0 Å². The van der Waals surface area contributed by atoms with Crippen LogP contribution in [0.4, 0.5) is 0 Å². The largest absolute Gasteiger partial charge is 0.487 e. The summed E-state index contributed by atoms with van der Waals surface area (Å²) in [6.45, 7) is 0.495. The highest BCUT2D eigenvalue weighted by Crippen LogP contribution is 2.30. The van der Waals surface area contributed by atoms with Gasteiger partial charge in [-0.1, -0.05) is 12.1 Å². The summed E-state index contributed by atoms with van der Waals surface area (Å²) in [5, 5.41) is 0. The second-order valence-electron chi connectivity index (χ2n) is 4.97. The molecule has 1 aliphatic carbocycles. The summed E-state index contributed by atoms with van der Waals surface area (Å²) >= 11 is 0. The SMILES string of the molecule is NC1CCCc2ccc(OCc3ccccn3)cc21. The number of ether oxygens (including phenoxy) is 1. The number of hydrogen-bond donors (Lipinski definition) is 1. The highest BCUT2D eigenvalue weighted by atomic mass is 16.5. The highest BCUT2D eigenvalue weighted by Gasteiger charge is 2.17. The molecule has 19 heavy (non-hydrogen) atoms. The van der Waals surface area contributed by atoms with Crippen LogP contribution in [0.25, 0.3) is 0 Å². The molecule has 3 rings (SSSR count). The van der Waals surface area contributed by atoms with Crippen LogP contribution in [0.1, 0.15) is 35.7 Å². The molecule has 1 atom stereocenters. The molecule has 0 saturated heterocycles. The fourth-order valence-electron chi connectivity index (χ4n) is 2.54. The Labute approximate surface area is 113 Å². The van der Waals surface area contributed by atoms with Crippen LogP contribution in [-0.4, -0.2) is 4.98 Å². The van der Waals surface area contributed by atoms with Gasteiger partial charge in [-0.15, -0.1) is 0 Å². The summed E-state index contributed by atoms with van der Waals surface area (Å²) in [5.41, 5.74) is 9.69. The van der Waals surface area contributed by atoms with Crippen LogP contribution >= 0.6 is 0 Å². The maximum atomic E-state index is 6.15. The Kier molecular flexibility index (Phi) is 3.47. The van der Waals surface area contributed by atoms with E-state index < -0.39 is 0 Å². The van der Waals surface area contributed by atoms with Crippen molar-refractivity contribution in [2.24, 2.45) is 5.73 Å². The fourth-order valence-corrected chi connectivity index (χ4v) is 2.54. The first kappa shape index (κ1) is 12.2. The van der Waals surface area contributed by atoms with Crippen molar-refractivity contribution in [3.05, 3.63) is 59.4 Å². The van der Waals surface area contributed by atoms with Crippen molar-refractivity contribution in [3.8, 4) is 5.75 Å². The summed E-state index contributed by atoms with van der Waals surface area (Å²) in [4.78, 5) is 4.25. The fraction of sp³-hybridized carbons (Fsp3) is 0.312. The maximum absolute atomic E-state index is 6.15. The Morgan fingerprint density at radius 3 is 3.05 bits per heavy atom. The predicted molar refractivity (Wildman–Crippen MR) is 74.9 cm³/mol. The third-order valence-electron chi connectivity index (χ3n) is 3.59. The molecule has 0 amide bonds. The van der Waals surface area contributed by atoms with E-state index in [1.807, 2.05) is 24.3 Å². The van der Waals surface area contributed by atoms with Gasteiger partial charge in [-0.2, -0.15) is 0 Å². The average Bonchev–Trinajstić information content (AvgIpc) is 2.47. The lowest BCUT2D eigenvalue weighted by Gasteiger charge is -2.22. The maximum Gasteiger partial charge on any atom is 0.130 e. The summed E-state index contributed by atoms with van der Waals surface area (Å²) in [5.74, 6) is 0.877. The Morgan fingerprint density at radius 2 is 2.21 bits per heavy atom. The van der Waals surface area contributed by atoms with Gasteiger partial charge in [0.2, 0.25) is 0 Å². The van der Waals surface area contributed by atoms with Gasteiger partial charge >= 0.3 is 0 Å². The monoisotopic (exact) mass is 254 g/mol. The molecule has 1 heterocycles. The van der Waals surface area contributed by atoms with Crippen molar-refractivity contribution in [2.75, 3.05) is 0 Å². The number of hydrogen-bond acceptors (Lipinski definition) is 3. The molecule has 1 aromatic carbocycles. The summed E-state index contributed by atoms with van der Waals surface area (Å²) in [7, 11) is 0. The quantitative estimate of drug-likeness (QED) is 0.916. The average molecular weight is 254 g/mol. The van der Waals surface area contributed by atoms with Crippen molar-refractivity contribution in [3.63, 3.8) is 0 Å². The summed E-state index contributed by atoms with van der Waals surface area (Å²) in [6.07, 6.45) is 5.16. The lowest BCUT2D eigenvalue weighted by Crippen LogP contribution is -2.17. The van der Waals surface area contributed by atoms with Crippen LogP contribution < -0.4 is 10.5 Å². The number of fused-ring (bicyclic) bond motifs is 1. The zero-order chi connectivity index (χ0) is 13.1. The molecule has 1 aliphatic rings. The van der Waals surface area contributed by atoms with E-state index in [0.29, 0.717) is 6.61 Å². The summed E-state index contributed by atoms with van der Waals surface area (Å²) < 4.78 is 5.79. The van der Waals surface area contributed by atoms with Crippen LogP contribution in [0.3, 0.4) is 0 Å². The van der Waals surface area contributed by atoms with Crippen LogP contribution in [0, 0.1) is 0 Å². The van der Waals surface area contributed by atoms with Gasteiger partial charge in [-0.05, 0) is 54.7 Å². The van der Waals surface area contributed by atoms with E-state index in [1.54, 1.807) is 6.20 Å². The molecule has 98 valence electrons. The molecule has 2 aromatic rings. The van der Waals surface area contributed by atoms with Gasteiger partial charge < -0.3 is 10.5 Å². The van der Waals surface area contributed by atoms with Gasteiger partial charge in [0.1, 0.15) is 12.4 Å². The van der Waals surface area contributed by atoms with Crippen LogP contribution in [0.5, 0.6) is 5.75 Å². The number of nitrogens with two attached hydrogens (primary N) is 1. The third kappa shape index (κ3) is 2.76. The molecule has 1 unspecified atom stereocenters. The van der Waals surface area contributed by atoms with Gasteiger partial charge in [-0.3, -0.25) is 4.98 Å². The van der Waals surface area contributed by atoms with Crippen molar-refractivity contribution in [1.29, 1.82) is 0 Å². The van der Waals surface area contributed by atoms with Gasteiger partial charge in [0, 0.05) is 12.2 Å². The number of aryl methyl sites for hydroxylation is 1. The Hall–Kier alpha value is -1.87. The number of benzene rings is 1. The number of nitrogens with zero attached hydrogens (tertiary/aromatic N) is 1. The van der Waals surface area contributed by atoms with Gasteiger partial charge in [0.25, 0.3) is 0 Å². The standard InChI is InChI=1S/C16H18N2O/c17-16-6-3-4-12-7-8-14(10-15(12)16)19-11-13-5-1-2-9-18-13/h1-2,5,7-10,16H,3-4,6,11,17H2. The van der Waals surface area contributed by atoms with E-state index >= 15 is 0 Å². The number of aromatic nitrogens is 1. The lowest BCUT2D eigenvalue weighted by atomic mass is 9.88. The molecule has 0 bridgehead atoms. The second-order valence-corrected chi connectivity index (χ2v) is 4.97. The van der Waals surface area contributed by atoms with Gasteiger partial charge in [0.15, 0.2) is 0 Å². The molecular weight excluding hydrogens is 236 g/mol. The van der Waals surface area contributed by atoms with Crippen LogP contribution in [0.2, 0.25) is 0 Å². The van der Waals surface area contributed by atoms with E-state index in [2.05, 4.69) is 17.1 Å².